The monoisotopic (exact) mass is 204 g/mol. The molecule has 0 saturated carbocycles. The van der Waals surface area contributed by atoms with Gasteiger partial charge in [0.1, 0.15) is 0 Å². The lowest BCUT2D eigenvalue weighted by molar-refractivity contribution is 0.115. The summed E-state index contributed by atoms with van der Waals surface area (Å²) in [5.74, 6) is 0.315. The van der Waals surface area contributed by atoms with Crippen molar-refractivity contribution in [3.8, 4) is 0 Å². The number of benzene rings is 1. The number of hydrogen-bond donors (Lipinski definition) is 1. The van der Waals surface area contributed by atoms with Gasteiger partial charge in [-0.2, -0.15) is 0 Å². The summed E-state index contributed by atoms with van der Waals surface area (Å²) in [5.41, 5.74) is 2.25. The largest absolute Gasteiger partial charge is 0.388 e. The van der Waals surface area contributed by atoms with E-state index in [2.05, 4.69) is 32.6 Å². The van der Waals surface area contributed by atoms with Crippen LogP contribution in [0.2, 0.25) is 0 Å². The maximum absolute atomic E-state index is 9.99. The maximum Gasteiger partial charge on any atom is 0.0815 e. The lowest BCUT2D eigenvalue weighted by Gasteiger charge is -2.17. The van der Waals surface area contributed by atoms with Crippen molar-refractivity contribution in [2.24, 2.45) is 5.92 Å². The molecule has 1 aromatic carbocycles. The summed E-state index contributed by atoms with van der Waals surface area (Å²) in [4.78, 5) is 0. The van der Waals surface area contributed by atoms with E-state index in [0.29, 0.717) is 5.92 Å². The molecule has 0 radical (unpaired) electrons. The quantitative estimate of drug-likeness (QED) is 0.728. The number of aliphatic hydroxyl groups is 1. The normalized spacial score (nSPS) is 14.6. The average Bonchev–Trinajstić information content (AvgIpc) is 2.28. The Morgan fingerprint density at radius 2 is 1.93 bits per heavy atom. The summed E-state index contributed by atoms with van der Waals surface area (Å²) in [6.45, 7) is 7.87. The van der Waals surface area contributed by atoms with Gasteiger partial charge in [0.25, 0.3) is 0 Å². The van der Waals surface area contributed by atoms with Crippen LogP contribution in [0.1, 0.15) is 37.5 Å². The van der Waals surface area contributed by atoms with E-state index in [0.717, 1.165) is 18.4 Å². The van der Waals surface area contributed by atoms with Gasteiger partial charge in [-0.25, -0.2) is 0 Å². The standard InChI is InChI=1S/C14H20O/c1-4-6-12-7-9-13(10-8-12)14(15)11(3)5-2/h4,7-11,14-15H,1,5-6H2,2-3H3. The van der Waals surface area contributed by atoms with Gasteiger partial charge in [0, 0.05) is 0 Å². The van der Waals surface area contributed by atoms with E-state index in [4.69, 9.17) is 0 Å². The van der Waals surface area contributed by atoms with Gasteiger partial charge in [-0.3, -0.25) is 0 Å². The fourth-order valence-corrected chi connectivity index (χ4v) is 1.57. The maximum atomic E-state index is 9.99. The molecule has 1 rings (SSSR count). The molecule has 1 N–H and O–H groups in total. The summed E-state index contributed by atoms with van der Waals surface area (Å²) < 4.78 is 0. The van der Waals surface area contributed by atoms with Gasteiger partial charge in [0.2, 0.25) is 0 Å². The summed E-state index contributed by atoms with van der Waals surface area (Å²) in [5, 5.41) is 9.99. The predicted octanol–water partition coefficient (Wildman–Crippen LogP) is 3.49. The van der Waals surface area contributed by atoms with Gasteiger partial charge < -0.3 is 5.11 Å². The Balaban J connectivity index is 2.74. The van der Waals surface area contributed by atoms with Crippen LogP contribution in [0.25, 0.3) is 0 Å². The molecule has 0 bridgehead atoms. The Morgan fingerprint density at radius 1 is 1.33 bits per heavy atom. The SMILES string of the molecule is C=CCc1ccc(C(O)C(C)CC)cc1. The molecule has 2 atom stereocenters. The lowest BCUT2D eigenvalue weighted by Crippen LogP contribution is -2.07. The van der Waals surface area contributed by atoms with Crippen molar-refractivity contribution < 1.29 is 5.11 Å². The predicted molar refractivity (Wildman–Crippen MR) is 64.8 cm³/mol. The van der Waals surface area contributed by atoms with Crippen molar-refractivity contribution in [3.63, 3.8) is 0 Å². The van der Waals surface area contributed by atoms with E-state index in [1.54, 1.807) is 0 Å². The fourth-order valence-electron chi connectivity index (χ4n) is 1.57. The number of allylic oxidation sites excluding steroid dienone is 1. The first-order chi connectivity index (χ1) is 7.19. The van der Waals surface area contributed by atoms with Crippen molar-refractivity contribution in [1.82, 2.24) is 0 Å². The molecule has 0 aliphatic rings. The Bertz CT molecular complexity index is 300. The van der Waals surface area contributed by atoms with E-state index in [1.807, 2.05) is 18.2 Å². The summed E-state index contributed by atoms with van der Waals surface area (Å²) in [7, 11) is 0. The van der Waals surface area contributed by atoms with Crippen LogP contribution in [0.3, 0.4) is 0 Å². The van der Waals surface area contributed by atoms with Crippen molar-refractivity contribution in [3.05, 3.63) is 48.0 Å². The topological polar surface area (TPSA) is 20.2 Å². The van der Waals surface area contributed by atoms with E-state index in [9.17, 15) is 5.11 Å². The minimum atomic E-state index is -0.340. The first kappa shape index (κ1) is 12.0. The smallest absolute Gasteiger partial charge is 0.0815 e. The second-order valence-electron chi connectivity index (χ2n) is 4.06. The average molecular weight is 204 g/mol. The Hall–Kier alpha value is -1.08. The molecule has 0 amide bonds. The molecule has 0 fully saturated rings. The van der Waals surface area contributed by atoms with Gasteiger partial charge in [-0.05, 0) is 23.5 Å². The van der Waals surface area contributed by atoms with Crippen molar-refractivity contribution >= 4 is 0 Å². The molecule has 15 heavy (non-hydrogen) atoms. The number of rotatable bonds is 5. The van der Waals surface area contributed by atoms with Crippen LogP contribution in [-0.4, -0.2) is 5.11 Å². The third-order valence-corrected chi connectivity index (χ3v) is 2.88. The fraction of sp³-hybridized carbons (Fsp3) is 0.429. The van der Waals surface area contributed by atoms with Crippen LogP contribution < -0.4 is 0 Å². The third-order valence-electron chi connectivity index (χ3n) is 2.88. The van der Waals surface area contributed by atoms with Crippen molar-refractivity contribution in [2.75, 3.05) is 0 Å². The Morgan fingerprint density at radius 3 is 2.40 bits per heavy atom. The lowest BCUT2D eigenvalue weighted by atomic mass is 9.94. The van der Waals surface area contributed by atoms with Gasteiger partial charge in [0.05, 0.1) is 6.10 Å². The van der Waals surface area contributed by atoms with E-state index >= 15 is 0 Å². The molecule has 1 heteroatoms. The van der Waals surface area contributed by atoms with E-state index in [-0.39, 0.29) is 6.10 Å². The second kappa shape index (κ2) is 5.72. The third kappa shape index (κ3) is 3.21. The van der Waals surface area contributed by atoms with Crippen LogP contribution in [0.5, 0.6) is 0 Å². The minimum absolute atomic E-state index is 0.315. The molecule has 0 aromatic heterocycles. The highest BCUT2D eigenvalue weighted by atomic mass is 16.3. The molecule has 0 spiro atoms. The molecule has 1 aromatic rings. The van der Waals surface area contributed by atoms with Gasteiger partial charge in [0.15, 0.2) is 0 Å². The highest BCUT2D eigenvalue weighted by molar-refractivity contribution is 5.25. The number of hydrogen-bond acceptors (Lipinski definition) is 1. The molecule has 2 unspecified atom stereocenters. The van der Waals surface area contributed by atoms with Crippen LogP contribution in [0, 0.1) is 5.92 Å². The van der Waals surface area contributed by atoms with Crippen LogP contribution in [0.15, 0.2) is 36.9 Å². The molecule has 0 saturated heterocycles. The van der Waals surface area contributed by atoms with E-state index < -0.39 is 0 Å². The molecule has 0 aliphatic carbocycles. The van der Waals surface area contributed by atoms with Crippen molar-refractivity contribution in [2.45, 2.75) is 32.8 Å². The van der Waals surface area contributed by atoms with Crippen LogP contribution in [-0.2, 0) is 6.42 Å². The minimum Gasteiger partial charge on any atom is -0.388 e. The van der Waals surface area contributed by atoms with Gasteiger partial charge in [-0.15, -0.1) is 6.58 Å². The zero-order valence-electron chi connectivity index (χ0n) is 9.61. The Labute approximate surface area is 92.5 Å². The van der Waals surface area contributed by atoms with Crippen LogP contribution >= 0.6 is 0 Å². The van der Waals surface area contributed by atoms with Gasteiger partial charge >= 0.3 is 0 Å². The molecule has 82 valence electrons. The first-order valence-electron chi connectivity index (χ1n) is 5.56. The summed E-state index contributed by atoms with van der Waals surface area (Å²) in [6.07, 6.45) is 3.43. The number of aliphatic hydroxyl groups excluding tert-OH is 1. The zero-order valence-corrected chi connectivity index (χ0v) is 9.61. The molecule has 1 nitrogen and oxygen atoms in total. The first-order valence-corrected chi connectivity index (χ1v) is 5.56. The van der Waals surface area contributed by atoms with Crippen LogP contribution in [0.4, 0.5) is 0 Å². The highest BCUT2D eigenvalue weighted by Crippen LogP contribution is 2.24. The van der Waals surface area contributed by atoms with Gasteiger partial charge in [-0.1, -0.05) is 50.6 Å². The molecule has 0 heterocycles. The van der Waals surface area contributed by atoms with E-state index in [1.165, 1.54) is 5.56 Å². The Kier molecular flexibility index (Phi) is 4.57. The molecular weight excluding hydrogens is 184 g/mol. The zero-order chi connectivity index (χ0) is 11.3. The second-order valence-corrected chi connectivity index (χ2v) is 4.06. The molecular formula is C14H20O. The summed E-state index contributed by atoms with van der Waals surface area (Å²) >= 11 is 0. The molecule has 0 aliphatic heterocycles. The van der Waals surface area contributed by atoms with Crippen molar-refractivity contribution in [1.29, 1.82) is 0 Å². The summed E-state index contributed by atoms with van der Waals surface area (Å²) in [6, 6.07) is 8.14. The highest BCUT2D eigenvalue weighted by Gasteiger charge is 2.13.